The maximum Gasteiger partial charge on any atom is 0.231 e. The highest BCUT2D eigenvalue weighted by Crippen LogP contribution is 2.32. The van der Waals surface area contributed by atoms with Crippen molar-refractivity contribution in [3.8, 4) is 22.6 Å². The number of rotatable bonds is 5. The van der Waals surface area contributed by atoms with Crippen molar-refractivity contribution in [2.75, 3.05) is 24.8 Å². The van der Waals surface area contributed by atoms with E-state index in [9.17, 15) is 9.18 Å². The van der Waals surface area contributed by atoms with Crippen molar-refractivity contribution in [1.29, 1.82) is 0 Å². The van der Waals surface area contributed by atoms with Crippen LogP contribution in [0.25, 0.3) is 11.1 Å². The summed E-state index contributed by atoms with van der Waals surface area (Å²) in [6, 6.07) is 11.9. The van der Waals surface area contributed by atoms with Gasteiger partial charge in [-0.2, -0.15) is 0 Å². The van der Waals surface area contributed by atoms with Gasteiger partial charge in [0, 0.05) is 37.6 Å². The molecule has 1 unspecified atom stereocenters. The van der Waals surface area contributed by atoms with Crippen LogP contribution in [0.1, 0.15) is 18.4 Å². The molecule has 0 radical (unpaired) electrons. The molecular weight excluding hydrogens is 411 g/mol. The van der Waals surface area contributed by atoms with E-state index in [4.69, 9.17) is 9.47 Å². The highest BCUT2D eigenvalue weighted by molar-refractivity contribution is 5.79. The number of ether oxygens (including phenoxy) is 2. The number of nitrogens with zero attached hydrogens (tertiary/aromatic N) is 3. The average Bonchev–Trinajstić information content (AvgIpc) is 3.31. The van der Waals surface area contributed by atoms with Gasteiger partial charge in [0.1, 0.15) is 5.82 Å². The Bertz CT molecular complexity index is 1110. The first-order chi connectivity index (χ1) is 15.7. The van der Waals surface area contributed by atoms with E-state index in [0.717, 1.165) is 41.8 Å². The molecule has 32 heavy (non-hydrogen) atoms. The summed E-state index contributed by atoms with van der Waals surface area (Å²) in [6.07, 6.45) is 5.19. The first-order valence-corrected chi connectivity index (χ1v) is 10.6. The molecule has 0 bridgehead atoms. The normalized spacial score (nSPS) is 17.3. The van der Waals surface area contributed by atoms with Crippen molar-refractivity contribution in [1.82, 2.24) is 15.3 Å². The molecule has 3 aromatic rings. The van der Waals surface area contributed by atoms with Crippen LogP contribution in [-0.4, -0.2) is 35.8 Å². The Morgan fingerprint density at radius 1 is 1.06 bits per heavy atom. The molecule has 1 fully saturated rings. The molecule has 1 saturated heterocycles. The monoisotopic (exact) mass is 434 g/mol. The molecule has 1 amide bonds. The summed E-state index contributed by atoms with van der Waals surface area (Å²) in [4.78, 5) is 23.8. The summed E-state index contributed by atoms with van der Waals surface area (Å²) in [6.45, 7) is 2.05. The standard InChI is InChI=1S/C24H23FN4O3/c25-20-6-4-17(5-7-20)19-12-27-24(28-13-19)29-9-1-2-18(14-29)23(30)26-11-16-3-8-21-22(10-16)32-15-31-21/h3-8,10,12-13,18H,1-2,9,11,14-15H2,(H,26,30). The minimum atomic E-state index is -0.276. The van der Waals surface area contributed by atoms with Gasteiger partial charge in [0.25, 0.3) is 0 Å². The molecule has 1 N–H and O–H groups in total. The zero-order chi connectivity index (χ0) is 21.9. The summed E-state index contributed by atoms with van der Waals surface area (Å²) in [7, 11) is 0. The van der Waals surface area contributed by atoms with Crippen molar-refractivity contribution < 1.29 is 18.7 Å². The average molecular weight is 434 g/mol. The molecule has 0 saturated carbocycles. The second-order valence-electron chi connectivity index (χ2n) is 7.97. The molecule has 0 spiro atoms. The lowest BCUT2D eigenvalue weighted by molar-refractivity contribution is -0.125. The first kappa shape index (κ1) is 20.2. The Kier molecular flexibility index (Phi) is 5.58. The van der Waals surface area contributed by atoms with Crippen LogP contribution in [-0.2, 0) is 11.3 Å². The number of nitrogens with one attached hydrogen (secondary N) is 1. The lowest BCUT2D eigenvalue weighted by Gasteiger charge is -2.32. The maximum atomic E-state index is 13.1. The zero-order valence-electron chi connectivity index (χ0n) is 17.5. The molecule has 164 valence electrons. The molecule has 2 aliphatic heterocycles. The summed E-state index contributed by atoms with van der Waals surface area (Å²) < 4.78 is 23.9. The second-order valence-corrected chi connectivity index (χ2v) is 7.97. The Morgan fingerprint density at radius 2 is 1.84 bits per heavy atom. The zero-order valence-corrected chi connectivity index (χ0v) is 17.5. The quantitative estimate of drug-likeness (QED) is 0.662. The van der Waals surface area contributed by atoms with Gasteiger partial charge in [-0.25, -0.2) is 14.4 Å². The van der Waals surface area contributed by atoms with Crippen LogP contribution in [0.2, 0.25) is 0 Å². The van der Waals surface area contributed by atoms with Crippen LogP contribution in [0.4, 0.5) is 10.3 Å². The molecule has 2 aliphatic rings. The Balaban J connectivity index is 1.19. The van der Waals surface area contributed by atoms with Gasteiger partial charge in [-0.3, -0.25) is 4.79 Å². The molecule has 1 aromatic heterocycles. The Labute approximate surface area is 185 Å². The highest BCUT2D eigenvalue weighted by atomic mass is 19.1. The molecular formula is C24H23FN4O3. The smallest absolute Gasteiger partial charge is 0.231 e. The number of hydrogen-bond acceptors (Lipinski definition) is 6. The fraction of sp³-hybridized carbons (Fsp3) is 0.292. The number of aromatic nitrogens is 2. The van der Waals surface area contributed by atoms with Crippen molar-refractivity contribution in [2.45, 2.75) is 19.4 Å². The number of piperidine rings is 1. The topological polar surface area (TPSA) is 76.6 Å². The number of benzene rings is 2. The Morgan fingerprint density at radius 3 is 2.66 bits per heavy atom. The van der Waals surface area contributed by atoms with E-state index < -0.39 is 0 Å². The van der Waals surface area contributed by atoms with Gasteiger partial charge in [0.15, 0.2) is 11.5 Å². The molecule has 0 aliphatic carbocycles. The third kappa shape index (κ3) is 4.34. The third-order valence-electron chi connectivity index (χ3n) is 5.79. The molecule has 3 heterocycles. The fourth-order valence-electron chi connectivity index (χ4n) is 4.03. The van der Waals surface area contributed by atoms with Crippen molar-refractivity contribution >= 4 is 11.9 Å². The number of amides is 1. The molecule has 2 aromatic carbocycles. The highest BCUT2D eigenvalue weighted by Gasteiger charge is 2.27. The van der Waals surface area contributed by atoms with Crippen LogP contribution in [0.5, 0.6) is 11.5 Å². The molecule has 7 nitrogen and oxygen atoms in total. The van der Waals surface area contributed by atoms with Gasteiger partial charge in [-0.05, 0) is 48.2 Å². The summed E-state index contributed by atoms with van der Waals surface area (Å²) in [5.41, 5.74) is 2.65. The molecule has 1 atom stereocenters. The largest absolute Gasteiger partial charge is 0.454 e. The van der Waals surface area contributed by atoms with Gasteiger partial charge < -0.3 is 19.7 Å². The van der Waals surface area contributed by atoms with E-state index in [2.05, 4.69) is 15.3 Å². The van der Waals surface area contributed by atoms with Crippen LogP contribution in [0.3, 0.4) is 0 Å². The van der Waals surface area contributed by atoms with E-state index in [1.165, 1.54) is 12.1 Å². The predicted octanol–water partition coefficient (Wildman–Crippen LogP) is 3.54. The number of fused-ring (bicyclic) bond motifs is 1. The van der Waals surface area contributed by atoms with Gasteiger partial charge >= 0.3 is 0 Å². The second kappa shape index (κ2) is 8.82. The van der Waals surface area contributed by atoms with Crippen molar-refractivity contribution in [3.63, 3.8) is 0 Å². The minimum Gasteiger partial charge on any atom is -0.454 e. The molecule has 5 rings (SSSR count). The lowest BCUT2D eigenvalue weighted by atomic mass is 9.97. The fourth-order valence-corrected chi connectivity index (χ4v) is 4.03. The van der Waals surface area contributed by atoms with Gasteiger partial charge in [-0.15, -0.1) is 0 Å². The van der Waals surface area contributed by atoms with Gasteiger partial charge in [0.05, 0.1) is 5.92 Å². The number of halogens is 1. The van der Waals surface area contributed by atoms with Crippen molar-refractivity contribution in [3.05, 3.63) is 66.2 Å². The van der Waals surface area contributed by atoms with Gasteiger partial charge in [0.2, 0.25) is 18.6 Å². The van der Waals surface area contributed by atoms with Crippen molar-refractivity contribution in [2.24, 2.45) is 5.92 Å². The number of anilines is 1. The molecule has 8 heteroatoms. The third-order valence-corrected chi connectivity index (χ3v) is 5.79. The van der Waals surface area contributed by atoms with E-state index in [1.807, 2.05) is 23.1 Å². The van der Waals surface area contributed by atoms with Crippen LogP contribution in [0.15, 0.2) is 54.9 Å². The van der Waals surface area contributed by atoms with E-state index in [0.29, 0.717) is 24.8 Å². The van der Waals surface area contributed by atoms with Crippen LogP contribution >= 0.6 is 0 Å². The van der Waals surface area contributed by atoms with Gasteiger partial charge in [-0.1, -0.05) is 18.2 Å². The van der Waals surface area contributed by atoms with Crippen LogP contribution in [0, 0.1) is 11.7 Å². The number of carbonyl (C=O) groups excluding carboxylic acids is 1. The van der Waals surface area contributed by atoms with E-state index in [-0.39, 0.29) is 24.4 Å². The SMILES string of the molecule is O=C(NCc1ccc2c(c1)OCO2)C1CCCN(c2ncc(-c3ccc(F)cc3)cn2)C1. The number of hydrogen-bond donors (Lipinski definition) is 1. The lowest BCUT2D eigenvalue weighted by Crippen LogP contribution is -2.43. The maximum absolute atomic E-state index is 13.1. The summed E-state index contributed by atoms with van der Waals surface area (Å²) in [5, 5.41) is 3.03. The first-order valence-electron chi connectivity index (χ1n) is 10.6. The van der Waals surface area contributed by atoms with E-state index >= 15 is 0 Å². The minimum absolute atomic E-state index is 0.0234. The summed E-state index contributed by atoms with van der Waals surface area (Å²) >= 11 is 0. The number of carbonyl (C=O) groups is 1. The Hall–Kier alpha value is -3.68. The predicted molar refractivity (Wildman–Crippen MR) is 117 cm³/mol. The van der Waals surface area contributed by atoms with E-state index in [1.54, 1.807) is 24.5 Å². The summed E-state index contributed by atoms with van der Waals surface area (Å²) in [5.74, 6) is 1.66. The van der Waals surface area contributed by atoms with Crippen LogP contribution < -0.4 is 19.7 Å².